The topological polar surface area (TPSA) is 58.2 Å². The lowest BCUT2D eigenvalue weighted by Gasteiger charge is -2.27. The van der Waals surface area contributed by atoms with Crippen LogP contribution in [0.2, 0.25) is 0 Å². The highest BCUT2D eigenvalue weighted by atomic mass is 32.2. The van der Waals surface area contributed by atoms with Gasteiger partial charge in [-0.05, 0) is 50.8 Å². The molecule has 0 amide bonds. The van der Waals surface area contributed by atoms with Gasteiger partial charge in [-0.2, -0.15) is 0 Å². The maximum absolute atomic E-state index is 12.3. The number of sulfonamides is 1. The summed E-state index contributed by atoms with van der Waals surface area (Å²) < 4.78 is 28.0. The Morgan fingerprint density at radius 2 is 1.95 bits per heavy atom. The monoisotopic (exact) mass is 316 g/mol. The second-order valence-corrected chi connectivity index (χ2v) is 8.61. The second kappa shape index (κ2) is 7.02. The van der Waals surface area contributed by atoms with Crippen molar-refractivity contribution >= 4 is 21.4 Å². The number of hydrogen-bond donors (Lipinski definition) is 2. The Labute approximate surface area is 126 Å². The minimum absolute atomic E-state index is 0.109. The summed E-state index contributed by atoms with van der Waals surface area (Å²) in [5.41, 5.74) is 0. The van der Waals surface area contributed by atoms with Crippen molar-refractivity contribution in [2.24, 2.45) is 5.92 Å². The van der Waals surface area contributed by atoms with Crippen molar-refractivity contribution in [2.45, 2.75) is 55.8 Å². The van der Waals surface area contributed by atoms with Crippen LogP contribution in [-0.4, -0.2) is 21.5 Å². The van der Waals surface area contributed by atoms with Gasteiger partial charge in [-0.3, -0.25) is 0 Å². The van der Waals surface area contributed by atoms with Crippen LogP contribution < -0.4 is 10.0 Å². The maximum atomic E-state index is 12.3. The molecule has 20 heavy (non-hydrogen) atoms. The largest absolute Gasteiger partial charge is 0.315 e. The van der Waals surface area contributed by atoms with Crippen LogP contribution in [0.5, 0.6) is 0 Å². The second-order valence-electron chi connectivity index (χ2n) is 5.50. The van der Waals surface area contributed by atoms with Gasteiger partial charge in [0.2, 0.25) is 10.0 Å². The molecule has 4 nitrogen and oxygen atoms in total. The van der Waals surface area contributed by atoms with E-state index in [4.69, 9.17) is 0 Å². The SMILES string of the molecule is CCC1CCC(NS(=O)(=O)c2ccc(CNC)s2)CC1. The normalized spacial score (nSPS) is 23.9. The molecule has 6 heteroatoms. The summed E-state index contributed by atoms with van der Waals surface area (Å²) in [6.07, 6.45) is 5.41. The predicted octanol–water partition coefficient (Wildman–Crippen LogP) is 2.71. The van der Waals surface area contributed by atoms with Crippen LogP contribution in [0.3, 0.4) is 0 Å². The molecule has 114 valence electrons. The molecule has 0 spiro atoms. The Morgan fingerprint density at radius 3 is 2.55 bits per heavy atom. The zero-order valence-electron chi connectivity index (χ0n) is 12.2. The van der Waals surface area contributed by atoms with Gasteiger partial charge in [-0.15, -0.1) is 11.3 Å². The molecule has 1 heterocycles. The van der Waals surface area contributed by atoms with Gasteiger partial charge in [0, 0.05) is 17.5 Å². The third-order valence-electron chi connectivity index (χ3n) is 4.00. The van der Waals surface area contributed by atoms with E-state index < -0.39 is 10.0 Å². The molecule has 1 aromatic rings. The lowest BCUT2D eigenvalue weighted by molar-refractivity contribution is 0.306. The first kappa shape index (κ1) is 15.9. The predicted molar refractivity (Wildman–Crippen MR) is 83.4 cm³/mol. The highest BCUT2D eigenvalue weighted by molar-refractivity contribution is 7.91. The number of nitrogens with one attached hydrogen (secondary N) is 2. The first-order valence-corrected chi connectivity index (χ1v) is 9.60. The van der Waals surface area contributed by atoms with Gasteiger partial charge >= 0.3 is 0 Å². The van der Waals surface area contributed by atoms with Gasteiger partial charge in [0.05, 0.1) is 0 Å². The lowest BCUT2D eigenvalue weighted by atomic mass is 9.85. The minimum Gasteiger partial charge on any atom is -0.315 e. The standard InChI is InChI=1S/C14H24N2O2S2/c1-3-11-4-6-12(7-5-11)16-20(17,18)14-9-8-13(19-14)10-15-2/h8-9,11-12,15-16H,3-7,10H2,1-2H3. The lowest BCUT2D eigenvalue weighted by Crippen LogP contribution is -2.37. The first-order valence-electron chi connectivity index (χ1n) is 7.30. The molecule has 2 N–H and O–H groups in total. The van der Waals surface area contributed by atoms with Crippen molar-refractivity contribution in [2.75, 3.05) is 7.05 Å². The molecule has 0 aromatic carbocycles. The maximum Gasteiger partial charge on any atom is 0.250 e. The molecule has 1 fully saturated rings. The molecule has 1 aromatic heterocycles. The zero-order valence-corrected chi connectivity index (χ0v) is 13.8. The Morgan fingerprint density at radius 1 is 1.25 bits per heavy atom. The van der Waals surface area contributed by atoms with Crippen LogP contribution in [0.15, 0.2) is 16.3 Å². The van der Waals surface area contributed by atoms with E-state index in [1.165, 1.54) is 17.8 Å². The Hall–Kier alpha value is -0.430. The summed E-state index contributed by atoms with van der Waals surface area (Å²) in [4.78, 5) is 1.04. The fourth-order valence-corrected chi connectivity index (χ4v) is 5.43. The van der Waals surface area contributed by atoms with E-state index in [2.05, 4.69) is 17.0 Å². The van der Waals surface area contributed by atoms with Crippen molar-refractivity contribution in [1.82, 2.24) is 10.0 Å². The smallest absolute Gasteiger partial charge is 0.250 e. The van der Waals surface area contributed by atoms with E-state index in [0.29, 0.717) is 10.8 Å². The van der Waals surface area contributed by atoms with Gasteiger partial charge in [0.25, 0.3) is 0 Å². The summed E-state index contributed by atoms with van der Waals surface area (Å²) >= 11 is 1.35. The van der Waals surface area contributed by atoms with Crippen molar-refractivity contribution in [3.63, 3.8) is 0 Å². The third-order valence-corrected chi connectivity index (χ3v) is 7.10. The molecule has 0 atom stereocenters. The van der Waals surface area contributed by atoms with E-state index in [1.54, 1.807) is 6.07 Å². The van der Waals surface area contributed by atoms with Crippen molar-refractivity contribution in [1.29, 1.82) is 0 Å². The fourth-order valence-electron chi connectivity index (χ4n) is 2.74. The van der Waals surface area contributed by atoms with Gasteiger partial charge in [-0.1, -0.05) is 13.3 Å². The molecule has 0 bridgehead atoms. The number of hydrogen-bond acceptors (Lipinski definition) is 4. The molecule has 0 unspecified atom stereocenters. The zero-order chi connectivity index (χ0) is 14.6. The summed E-state index contributed by atoms with van der Waals surface area (Å²) in [7, 11) is -1.48. The van der Waals surface area contributed by atoms with Crippen LogP contribution in [0, 0.1) is 5.92 Å². The Kier molecular flexibility index (Phi) is 5.60. The Bertz CT molecular complexity index is 517. The van der Waals surface area contributed by atoms with Crippen molar-refractivity contribution < 1.29 is 8.42 Å². The molecule has 1 saturated carbocycles. The van der Waals surface area contributed by atoms with E-state index in [9.17, 15) is 8.42 Å². The summed E-state index contributed by atoms with van der Waals surface area (Å²) in [6, 6.07) is 3.69. The highest BCUT2D eigenvalue weighted by Gasteiger charge is 2.25. The summed E-state index contributed by atoms with van der Waals surface area (Å²) in [6.45, 7) is 2.92. The van der Waals surface area contributed by atoms with Gasteiger partial charge in [0.15, 0.2) is 0 Å². The average Bonchev–Trinajstić information content (AvgIpc) is 2.89. The molecular weight excluding hydrogens is 292 g/mol. The summed E-state index contributed by atoms with van der Waals surface area (Å²) in [5.74, 6) is 0.778. The molecule has 0 saturated heterocycles. The molecule has 1 aliphatic rings. The van der Waals surface area contributed by atoms with Crippen molar-refractivity contribution in [3.05, 3.63) is 17.0 Å². The minimum atomic E-state index is -3.34. The highest BCUT2D eigenvalue weighted by Crippen LogP contribution is 2.28. The first-order chi connectivity index (χ1) is 9.55. The van der Waals surface area contributed by atoms with E-state index in [0.717, 1.165) is 36.5 Å². The molecule has 2 rings (SSSR count). The molecule has 0 radical (unpaired) electrons. The fraction of sp³-hybridized carbons (Fsp3) is 0.714. The van der Waals surface area contributed by atoms with Crippen LogP contribution in [0.25, 0.3) is 0 Å². The quantitative estimate of drug-likeness (QED) is 0.848. The van der Waals surface area contributed by atoms with Gasteiger partial charge in [-0.25, -0.2) is 13.1 Å². The van der Waals surface area contributed by atoms with E-state index in [1.807, 2.05) is 13.1 Å². The molecule has 0 aliphatic heterocycles. The van der Waals surface area contributed by atoms with Crippen LogP contribution in [-0.2, 0) is 16.6 Å². The van der Waals surface area contributed by atoms with Gasteiger partial charge in [0.1, 0.15) is 4.21 Å². The average molecular weight is 316 g/mol. The number of rotatable bonds is 6. The number of thiophene rings is 1. The van der Waals surface area contributed by atoms with Crippen LogP contribution >= 0.6 is 11.3 Å². The van der Waals surface area contributed by atoms with Gasteiger partial charge < -0.3 is 5.32 Å². The van der Waals surface area contributed by atoms with Crippen LogP contribution in [0.1, 0.15) is 43.9 Å². The van der Waals surface area contributed by atoms with Crippen LogP contribution in [0.4, 0.5) is 0 Å². The molecular formula is C14H24N2O2S2. The Balaban J connectivity index is 1.96. The van der Waals surface area contributed by atoms with E-state index >= 15 is 0 Å². The van der Waals surface area contributed by atoms with E-state index in [-0.39, 0.29) is 6.04 Å². The summed E-state index contributed by atoms with van der Waals surface area (Å²) in [5, 5.41) is 3.04. The third kappa shape index (κ3) is 4.04. The van der Waals surface area contributed by atoms with Crippen molar-refractivity contribution in [3.8, 4) is 0 Å². The molecule has 1 aliphatic carbocycles.